The van der Waals surface area contributed by atoms with Gasteiger partial charge in [-0.1, -0.05) is 30.4 Å². The van der Waals surface area contributed by atoms with Gasteiger partial charge >= 0.3 is 0 Å². The van der Waals surface area contributed by atoms with Gasteiger partial charge in [0, 0.05) is 16.7 Å². The molecule has 20 heavy (non-hydrogen) atoms. The smallest absolute Gasteiger partial charge is 0.248 e. The Morgan fingerprint density at radius 1 is 1.15 bits per heavy atom. The van der Waals surface area contributed by atoms with E-state index < -0.39 is 5.91 Å². The molecule has 0 aliphatic heterocycles. The highest BCUT2D eigenvalue weighted by Gasteiger charge is 2.05. The van der Waals surface area contributed by atoms with Crippen molar-refractivity contribution in [1.82, 2.24) is 0 Å². The number of methoxy groups -OCH3 is 1. The summed E-state index contributed by atoms with van der Waals surface area (Å²) in [5, 5.41) is 0. The van der Waals surface area contributed by atoms with Crippen molar-refractivity contribution >= 4 is 18.1 Å². The molecule has 0 aliphatic carbocycles. The Balaban J connectivity index is 2.39. The monoisotopic (exact) mass is 271 g/mol. The molecule has 102 valence electrons. The normalized spacial score (nSPS) is 10.7. The number of hydrogen-bond donors (Lipinski definition) is 1. The van der Waals surface area contributed by atoms with Crippen LogP contribution >= 0.6 is 0 Å². The first-order chi connectivity index (χ1) is 9.61. The molecule has 0 saturated carbocycles. The van der Waals surface area contributed by atoms with Gasteiger partial charge in [-0.3, -0.25) is 4.79 Å². The molecule has 0 aromatic heterocycles. The summed E-state index contributed by atoms with van der Waals surface area (Å²) in [7, 11) is 1.53. The number of primary amides is 1. The van der Waals surface area contributed by atoms with E-state index in [4.69, 9.17) is 10.5 Å². The number of halogens is 1. The molecule has 2 aromatic carbocycles. The number of nitrogens with two attached hydrogens (primary N) is 1. The largest absolute Gasteiger partial charge is 0.496 e. The zero-order valence-electron chi connectivity index (χ0n) is 11.0. The van der Waals surface area contributed by atoms with Gasteiger partial charge in [-0.25, -0.2) is 4.39 Å². The van der Waals surface area contributed by atoms with Gasteiger partial charge in [-0.05, 0) is 24.3 Å². The van der Waals surface area contributed by atoms with Gasteiger partial charge < -0.3 is 10.5 Å². The highest BCUT2D eigenvalue weighted by atomic mass is 19.1. The van der Waals surface area contributed by atoms with E-state index in [0.717, 1.165) is 0 Å². The van der Waals surface area contributed by atoms with Crippen molar-refractivity contribution in [3.05, 3.63) is 65.0 Å². The Bertz CT molecular complexity index is 665. The maximum Gasteiger partial charge on any atom is 0.248 e. The van der Waals surface area contributed by atoms with Gasteiger partial charge in [0.1, 0.15) is 11.6 Å². The zero-order chi connectivity index (χ0) is 14.5. The van der Waals surface area contributed by atoms with Crippen molar-refractivity contribution in [2.45, 2.75) is 0 Å². The van der Waals surface area contributed by atoms with Gasteiger partial charge in [-0.2, -0.15) is 0 Å². The number of rotatable bonds is 4. The van der Waals surface area contributed by atoms with Crippen molar-refractivity contribution in [1.29, 1.82) is 0 Å². The van der Waals surface area contributed by atoms with Crippen LogP contribution in [0, 0.1) is 5.82 Å². The summed E-state index contributed by atoms with van der Waals surface area (Å²) in [6.07, 6.45) is 3.31. The summed E-state index contributed by atoms with van der Waals surface area (Å²) >= 11 is 0. The lowest BCUT2D eigenvalue weighted by molar-refractivity contribution is 0.1000. The molecule has 0 heterocycles. The van der Waals surface area contributed by atoms with Crippen molar-refractivity contribution in [3.8, 4) is 5.75 Å². The zero-order valence-corrected chi connectivity index (χ0v) is 11.0. The second kappa shape index (κ2) is 6.02. The predicted molar refractivity (Wildman–Crippen MR) is 76.8 cm³/mol. The van der Waals surface area contributed by atoms with E-state index in [-0.39, 0.29) is 5.82 Å². The molecular weight excluding hydrogens is 257 g/mol. The van der Waals surface area contributed by atoms with Crippen LogP contribution in [0.25, 0.3) is 12.2 Å². The summed E-state index contributed by atoms with van der Waals surface area (Å²) in [6.45, 7) is 0. The van der Waals surface area contributed by atoms with Crippen molar-refractivity contribution in [2.24, 2.45) is 5.73 Å². The van der Waals surface area contributed by atoms with E-state index in [0.29, 0.717) is 22.4 Å². The third-order valence-corrected chi connectivity index (χ3v) is 2.86. The van der Waals surface area contributed by atoms with Crippen molar-refractivity contribution in [3.63, 3.8) is 0 Å². The maximum absolute atomic E-state index is 13.5. The third-order valence-electron chi connectivity index (χ3n) is 2.86. The van der Waals surface area contributed by atoms with Gasteiger partial charge in [0.15, 0.2) is 0 Å². The lowest BCUT2D eigenvalue weighted by Gasteiger charge is -2.06. The summed E-state index contributed by atoms with van der Waals surface area (Å²) in [4.78, 5) is 11.2. The second-order valence-corrected chi connectivity index (χ2v) is 4.18. The third kappa shape index (κ3) is 3.03. The maximum atomic E-state index is 13.5. The molecule has 0 spiro atoms. The molecule has 3 nitrogen and oxygen atoms in total. The Morgan fingerprint density at radius 2 is 1.85 bits per heavy atom. The lowest BCUT2D eigenvalue weighted by Crippen LogP contribution is -2.10. The topological polar surface area (TPSA) is 52.3 Å². The first-order valence-corrected chi connectivity index (χ1v) is 6.02. The molecule has 0 unspecified atom stereocenters. The fraction of sp³-hybridized carbons (Fsp3) is 0.0625. The summed E-state index contributed by atoms with van der Waals surface area (Å²) in [6, 6.07) is 11.3. The Hall–Kier alpha value is -2.62. The summed E-state index contributed by atoms with van der Waals surface area (Å²) < 4.78 is 18.7. The minimum absolute atomic E-state index is 0.311. The molecule has 0 atom stereocenters. The quantitative estimate of drug-likeness (QED) is 0.869. The van der Waals surface area contributed by atoms with Crippen LogP contribution in [0.5, 0.6) is 5.75 Å². The standard InChI is InChI=1S/C16H14FNO2/c1-20-15-9-8-13(16(18)19)10-12(15)7-6-11-4-2-3-5-14(11)17/h2-10H,1H3,(H2,18,19)/b7-6+. The number of amides is 1. The Morgan fingerprint density at radius 3 is 2.50 bits per heavy atom. The molecule has 2 N–H and O–H groups in total. The van der Waals surface area contributed by atoms with Crippen LogP contribution in [0.15, 0.2) is 42.5 Å². The molecule has 0 saturated heterocycles. The SMILES string of the molecule is COc1ccc(C(N)=O)cc1/C=C/c1ccccc1F. The van der Waals surface area contributed by atoms with E-state index in [9.17, 15) is 9.18 Å². The summed E-state index contributed by atoms with van der Waals surface area (Å²) in [5.74, 6) is -0.246. The molecule has 0 fully saturated rings. The molecule has 4 heteroatoms. The van der Waals surface area contributed by atoms with Gasteiger partial charge in [-0.15, -0.1) is 0 Å². The molecule has 2 rings (SSSR count). The molecule has 0 aliphatic rings. The van der Waals surface area contributed by atoms with Crippen molar-refractivity contribution < 1.29 is 13.9 Å². The van der Waals surface area contributed by atoms with E-state index in [2.05, 4.69) is 0 Å². The van der Waals surface area contributed by atoms with E-state index in [1.807, 2.05) is 0 Å². The highest BCUT2D eigenvalue weighted by Crippen LogP contribution is 2.22. The average Bonchev–Trinajstić information content (AvgIpc) is 2.46. The second-order valence-electron chi connectivity index (χ2n) is 4.18. The number of hydrogen-bond acceptors (Lipinski definition) is 2. The summed E-state index contributed by atoms with van der Waals surface area (Å²) in [5.41, 5.74) is 6.73. The predicted octanol–water partition coefficient (Wildman–Crippen LogP) is 3.10. The highest BCUT2D eigenvalue weighted by molar-refractivity contribution is 5.94. The van der Waals surface area contributed by atoms with Crippen LogP contribution in [-0.4, -0.2) is 13.0 Å². The fourth-order valence-corrected chi connectivity index (χ4v) is 1.81. The van der Waals surface area contributed by atoms with Crippen molar-refractivity contribution in [2.75, 3.05) is 7.11 Å². The number of carbonyl (C=O) groups excluding carboxylic acids is 1. The Labute approximate surface area is 116 Å². The van der Waals surface area contributed by atoms with E-state index >= 15 is 0 Å². The number of benzene rings is 2. The van der Waals surface area contributed by atoms with Gasteiger partial charge in [0.2, 0.25) is 5.91 Å². The molecule has 1 amide bonds. The molecule has 2 aromatic rings. The fourth-order valence-electron chi connectivity index (χ4n) is 1.81. The lowest BCUT2D eigenvalue weighted by atomic mass is 10.1. The molecule has 0 radical (unpaired) electrons. The van der Waals surface area contributed by atoms with Crippen LogP contribution in [-0.2, 0) is 0 Å². The number of ether oxygens (including phenoxy) is 1. The van der Waals surface area contributed by atoms with Crippen LogP contribution in [0.2, 0.25) is 0 Å². The number of carbonyl (C=O) groups is 1. The molecule has 0 bridgehead atoms. The average molecular weight is 271 g/mol. The first kappa shape index (κ1) is 13.8. The van der Waals surface area contributed by atoms with Gasteiger partial charge in [0.25, 0.3) is 0 Å². The minimum Gasteiger partial charge on any atom is -0.496 e. The van der Waals surface area contributed by atoms with E-state index in [1.165, 1.54) is 13.2 Å². The minimum atomic E-state index is -0.520. The Kier molecular flexibility index (Phi) is 4.15. The van der Waals surface area contributed by atoms with Crippen LogP contribution in [0.3, 0.4) is 0 Å². The molecular formula is C16H14FNO2. The van der Waals surface area contributed by atoms with Gasteiger partial charge in [0.05, 0.1) is 7.11 Å². The van der Waals surface area contributed by atoms with E-state index in [1.54, 1.807) is 48.6 Å². The first-order valence-electron chi connectivity index (χ1n) is 6.02. The van der Waals surface area contributed by atoms with Crippen LogP contribution in [0.4, 0.5) is 4.39 Å². The van der Waals surface area contributed by atoms with Crippen LogP contribution < -0.4 is 10.5 Å². The van der Waals surface area contributed by atoms with Crippen LogP contribution in [0.1, 0.15) is 21.5 Å².